The normalized spacial score (nSPS) is 11.5. The van der Waals surface area contributed by atoms with Crippen LogP contribution in [0, 0.1) is 0 Å². The Morgan fingerprint density at radius 2 is 0.882 bits per heavy atom. The van der Waals surface area contributed by atoms with Gasteiger partial charge in [0.15, 0.2) is 0 Å². The average molecular weight is 652 g/mol. The van der Waals surface area contributed by atoms with Crippen LogP contribution in [0.1, 0.15) is 0 Å². The molecule has 0 saturated heterocycles. The Bertz CT molecular complexity index is 2830. The second kappa shape index (κ2) is 11.9. The monoisotopic (exact) mass is 651 g/mol. The van der Waals surface area contributed by atoms with Crippen LogP contribution in [-0.2, 0) is 0 Å². The van der Waals surface area contributed by atoms with Gasteiger partial charge in [-0.1, -0.05) is 133 Å². The Morgan fingerprint density at radius 3 is 1.61 bits per heavy atom. The number of nitrogens with zero attached hydrogens (tertiary/aromatic N) is 3. The van der Waals surface area contributed by atoms with Crippen LogP contribution >= 0.6 is 0 Å². The van der Waals surface area contributed by atoms with Gasteiger partial charge in [-0.05, 0) is 83.2 Å². The maximum absolute atomic E-state index is 2.44. The molecular weight excluding hydrogens is 619 g/mol. The SMILES string of the molecule is c1ccc(N(c2ccc(-c3ccc4c5c6ccccc6n(-c6ccccc6)c5n(-c5ccccc5)c4c3)cc2)c2cccc3ccccc23)cc1. The van der Waals surface area contributed by atoms with E-state index in [1.165, 1.54) is 54.7 Å². The molecule has 0 aliphatic rings. The van der Waals surface area contributed by atoms with Crippen LogP contribution in [0.4, 0.5) is 17.1 Å². The third-order valence-corrected chi connectivity index (χ3v) is 10.1. The number of para-hydroxylation sites is 4. The fourth-order valence-corrected chi connectivity index (χ4v) is 7.81. The van der Waals surface area contributed by atoms with Gasteiger partial charge in [-0.15, -0.1) is 0 Å². The minimum atomic E-state index is 1.11. The van der Waals surface area contributed by atoms with Crippen molar-refractivity contribution in [3.05, 3.63) is 200 Å². The first-order valence-electron chi connectivity index (χ1n) is 17.5. The molecule has 0 amide bonds. The van der Waals surface area contributed by atoms with E-state index in [2.05, 4.69) is 214 Å². The van der Waals surface area contributed by atoms with E-state index >= 15 is 0 Å². The first-order chi connectivity index (χ1) is 25.3. The molecule has 0 aliphatic heterocycles. The van der Waals surface area contributed by atoms with Gasteiger partial charge in [0.1, 0.15) is 5.65 Å². The molecule has 3 heteroatoms. The predicted octanol–water partition coefficient (Wildman–Crippen LogP) is 13.0. The molecule has 10 rings (SSSR count). The van der Waals surface area contributed by atoms with Crippen molar-refractivity contribution >= 4 is 60.7 Å². The second-order valence-corrected chi connectivity index (χ2v) is 13.0. The van der Waals surface area contributed by atoms with Gasteiger partial charge in [0.25, 0.3) is 0 Å². The fraction of sp³-hybridized carbons (Fsp3) is 0. The van der Waals surface area contributed by atoms with Crippen LogP contribution in [-0.4, -0.2) is 9.13 Å². The fourth-order valence-electron chi connectivity index (χ4n) is 7.81. The van der Waals surface area contributed by atoms with Crippen molar-refractivity contribution < 1.29 is 0 Å². The van der Waals surface area contributed by atoms with Crippen molar-refractivity contribution in [2.75, 3.05) is 4.90 Å². The van der Waals surface area contributed by atoms with Gasteiger partial charge >= 0.3 is 0 Å². The molecule has 0 bridgehead atoms. The van der Waals surface area contributed by atoms with Gasteiger partial charge in [-0.2, -0.15) is 0 Å². The predicted molar refractivity (Wildman–Crippen MR) is 215 cm³/mol. The number of rotatable bonds is 6. The maximum atomic E-state index is 2.44. The summed E-state index contributed by atoms with van der Waals surface area (Å²) in [7, 11) is 0. The lowest BCUT2D eigenvalue weighted by Gasteiger charge is -2.27. The van der Waals surface area contributed by atoms with Crippen molar-refractivity contribution in [1.82, 2.24) is 9.13 Å². The van der Waals surface area contributed by atoms with Crippen molar-refractivity contribution in [3.63, 3.8) is 0 Å². The highest BCUT2D eigenvalue weighted by Gasteiger charge is 2.22. The summed E-state index contributed by atoms with van der Waals surface area (Å²) < 4.78 is 4.85. The van der Waals surface area contributed by atoms with Gasteiger partial charge in [0, 0.05) is 44.3 Å². The number of aromatic nitrogens is 2. The maximum Gasteiger partial charge on any atom is 0.131 e. The van der Waals surface area contributed by atoms with Crippen LogP contribution in [0.3, 0.4) is 0 Å². The summed E-state index contributed by atoms with van der Waals surface area (Å²) in [5.74, 6) is 0. The highest BCUT2D eigenvalue weighted by Crippen LogP contribution is 2.43. The third-order valence-electron chi connectivity index (χ3n) is 10.1. The number of benzene rings is 8. The molecule has 0 unspecified atom stereocenters. The molecule has 0 spiro atoms. The first kappa shape index (κ1) is 29.1. The van der Waals surface area contributed by atoms with Gasteiger partial charge in [-0.3, -0.25) is 9.13 Å². The zero-order valence-electron chi connectivity index (χ0n) is 27.9. The lowest BCUT2D eigenvalue weighted by Crippen LogP contribution is -2.10. The quantitative estimate of drug-likeness (QED) is 0.174. The molecule has 2 aromatic heterocycles. The molecule has 0 N–H and O–H groups in total. The molecule has 0 radical (unpaired) electrons. The third kappa shape index (κ3) is 4.74. The Morgan fingerprint density at radius 1 is 0.353 bits per heavy atom. The zero-order valence-corrected chi connectivity index (χ0v) is 27.9. The molecule has 240 valence electrons. The molecule has 0 saturated carbocycles. The van der Waals surface area contributed by atoms with Crippen LogP contribution in [0.25, 0.3) is 66.1 Å². The minimum absolute atomic E-state index is 1.11. The van der Waals surface area contributed by atoms with E-state index in [9.17, 15) is 0 Å². The standard InChI is InChI=1S/C48H33N3/c1-4-17-37(18-5-1)49(44-26-14-16-35-15-10-11-23-41(35)44)40-30-27-34(28-31-40)36-29-32-43-46(33-36)51(39-21-8-3-9-22-39)48-47(43)42-24-12-13-25-45(42)50(48)38-19-6-2-7-20-38/h1-33H. The summed E-state index contributed by atoms with van der Waals surface area (Å²) in [6, 6.07) is 72.0. The molecule has 10 aromatic rings. The van der Waals surface area contributed by atoms with E-state index in [0.717, 1.165) is 28.4 Å². The molecular formula is C48H33N3. The summed E-state index contributed by atoms with van der Waals surface area (Å²) in [5.41, 5.74) is 11.6. The smallest absolute Gasteiger partial charge is 0.131 e. The minimum Gasteiger partial charge on any atom is -0.310 e. The van der Waals surface area contributed by atoms with Crippen LogP contribution < -0.4 is 4.90 Å². The number of fused-ring (bicyclic) bond motifs is 6. The van der Waals surface area contributed by atoms with Crippen LogP contribution in [0.15, 0.2) is 200 Å². The van der Waals surface area contributed by atoms with Crippen LogP contribution in [0.2, 0.25) is 0 Å². The van der Waals surface area contributed by atoms with Gasteiger partial charge in [-0.25, -0.2) is 0 Å². The zero-order chi connectivity index (χ0) is 33.7. The lowest BCUT2D eigenvalue weighted by atomic mass is 10.0. The summed E-state index contributed by atoms with van der Waals surface area (Å²) in [5, 5.41) is 6.21. The Hall–Kier alpha value is -6.84. The second-order valence-electron chi connectivity index (χ2n) is 13.0. The summed E-state index contributed by atoms with van der Waals surface area (Å²) in [4.78, 5) is 2.36. The Balaban J connectivity index is 1.16. The lowest BCUT2D eigenvalue weighted by molar-refractivity contribution is 1.07. The molecule has 8 aromatic carbocycles. The van der Waals surface area contributed by atoms with E-state index in [4.69, 9.17) is 0 Å². The van der Waals surface area contributed by atoms with Crippen molar-refractivity contribution in [3.8, 4) is 22.5 Å². The van der Waals surface area contributed by atoms with Gasteiger partial charge in [0.2, 0.25) is 0 Å². The van der Waals surface area contributed by atoms with Crippen molar-refractivity contribution in [1.29, 1.82) is 0 Å². The Kier molecular flexibility index (Phi) is 6.81. The van der Waals surface area contributed by atoms with Gasteiger partial charge in [0.05, 0.1) is 16.7 Å². The molecule has 0 fully saturated rings. The summed E-state index contributed by atoms with van der Waals surface area (Å²) in [6.07, 6.45) is 0. The first-order valence-corrected chi connectivity index (χ1v) is 17.5. The number of anilines is 3. The van der Waals surface area contributed by atoms with Crippen molar-refractivity contribution in [2.24, 2.45) is 0 Å². The molecule has 0 aliphatic carbocycles. The van der Waals surface area contributed by atoms with E-state index in [1.807, 2.05) is 0 Å². The van der Waals surface area contributed by atoms with E-state index in [1.54, 1.807) is 0 Å². The van der Waals surface area contributed by atoms with Crippen molar-refractivity contribution in [2.45, 2.75) is 0 Å². The van der Waals surface area contributed by atoms with Gasteiger partial charge < -0.3 is 4.90 Å². The molecule has 3 nitrogen and oxygen atoms in total. The van der Waals surface area contributed by atoms with E-state index in [-0.39, 0.29) is 0 Å². The molecule has 51 heavy (non-hydrogen) atoms. The topological polar surface area (TPSA) is 13.1 Å². The number of hydrogen-bond donors (Lipinski definition) is 0. The summed E-state index contributed by atoms with van der Waals surface area (Å²) >= 11 is 0. The molecule has 0 atom stereocenters. The average Bonchev–Trinajstić information content (AvgIpc) is 3.71. The highest BCUT2D eigenvalue weighted by atomic mass is 15.1. The van der Waals surface area contributed by atoms with E-state index < -0.39 is 0 Å². The van der Waals surface area contributed by atoms with Crippen LogP contribution in [0.5, 0.6) is 0 Å². The Labute approximate surface area is 296 Å². The summed E-state index contributed by atoms with van der Waals surface area (Å²) in [6.45, 7) is 0. The van der Waals surface area contributed by atoms with E-state index in [0.29, 0.717) is 0 Å². The highest BCUT2D eigenvalue weighted by molar-refractivity contribution is 6.22. The number of hydrogen-bond acceptors (Lipinski definition) is 1. The molecule has 2 heterocycles. The largest absolute Gasteiger partial charge is 0.310 e.